The average Bonchev–Trinajstić information content (AvgIpc) is 1.69. The number of likely N-dealkylation sites (N-methyl/N-ethyl adjacent to an activating group) is 7. The van der Waals surface area contributed by atoms with Gasteiger partial charge < -0.3 is 64.8 Å². The molecule has 12 atom stereocenters. The Balaban J connectivity index is 1.35. The third kappa shape index (κ3) is 22.2. The first-order valence-electron chi connectivity index (χ1n) is 39.1. The lowest BCUT2D eigenvalue weighted by atomic mass is 9.58. The maximum Gasteiger partial charge on any atom is 0.397 e. The van der Waals surface area contributed by atoms with Crippen molar-refractivity contribution in [3.63, 3.8) is 0 Å². The molecular weight excluding hydrogens is 1480 g/mol. The summed E-state index contributed by atoms with van der Waals surface area (Å²) in [6.07, 6.45) is -19.8. The minimum atomic E-state index is -5.24. The summed E-state index contributed by atoms with van der Waals surface area (Å²) in [4.78, 5) is 191. The third-order valence-electron chi connectivity index (χ3n) is 24.4. The Morgan fingerprint density at radius 1 is 0.658 bits per heavy atom. The van der Waals surface area contributed by atoms with Crippen LogP contribution in [0.15, 0.2) is 12.2 Å². The van der Waals surface area contributed by atoms with E-state index in [1.165, 1.54) is 57.0 Å². The van der Waals surface area contributed by atoms with Crippen molar-refractivity contribution in [2.75, 3.05) is 88.7 Å². The molecule has 35 heteroatoms. The Labute approximate surface area is 644 Å². The molecule has 0 aromatic carbocycles. The van der Waals surface area contributed by atoms with Crippen molar-refractivity contribution in [3.8, 4) is 0 Å². The second-order valence-electron chi connectivity index (χ2n) is 32.9. The molecule has 6 fully saturated rings. The lowest BCUT2D eigenvalue weighted by Gasteiger charge is -2.54. The second-order valence-corrected chi connectivity index (χ2v) is 32.9. The second kappa shape index (κ2) is 38.2. The lowest BCUT2D eigenvalue weighted by molar-refractivity contribution is -0.219. The molecule has 628 valence electrons. The van der Waals surface area contributed by atoms with E-state index in [2.05, 4.69) is 16.0 Å². The van der Waals surface area contributed by atoms with Crippen molar-refractivity contribution in [2.24, 2.45) is 40.9 Å². The number of halogens is 10. The minimum Gasteiger partial charge on any atom is -0.377 e. The summed E-state index contributed by atoms with van der Waals surface area (Å²) in [5, 5.41) is 8.08. The summed E-state index contributed by atoms with van der Waals surface area (Å²) < 4.78 is 151. The molecule has 7 aliphatic rings. The molecule has 0 aromatic heterocycles. The van der Waals surface area contributed by atoms with Gasteiger partial charge in [0.1, 0.15) is 72.1 Å². The van der Waals surface area contributed by atoms with Crippen LogP contribution in [0.5, 0.6) is 0 Å². The third-order valence-corrected chi connectivity index (χ3v) is 24.4. The average molecular weight is 1600 g/mol. The van der Waals surface area contributed by atoms with Crippen LogP contribution in [0.4, 0.5) is 43.9 Å². The van der Waals surface area contributed by atoms with Gasteiger partial charge in [-0.15, -0.1) is 0 Å². The van der Waals surface area contributed by atoms with Crippen LogP contribution in [0, 0.1) is 40.9 Å². The molecule has 12 amide bonds. The lowest BCUT2D eigenvalue weighted by Crippen LogP contribution is -2.71. The molecule has 25 nitrogen and oxygen atoms in total. The largest absolute Gasteiger partial charge is 0.397 e. The fourth-order valence-electron chi connectivity index (χ4n) is 17.8. The Hall–Kier alpha value is -7.36. The fourth-order valence-corrected chi connectivity index (χ4v) is 17.8. The molecule has 4 aliphatic carbocycles. The van der Waals surface area contributed by atoms with Crippen molar-refractivity contribution in [3.05, 3.63) is 12.2 Å². The van der Waals surface area contributed by atoms with Crippen LogP contribution in [0.25, 0.3) is 0 Å². The number of carbonyl (C=O) groups excluding carboxylic acids is 12. The molecule has 2 saturated heterocycles. The van der Waals surface area contributed by atoms with Crippen molar-refractivity contribution >= 4 is 70.9 Å². The molecule has 111 heavy (non-hydrogen) atoms. The Bertz CT molecular complexity index is 3340. The normalized spacial score (nSPS) is 31.9. The smallest absolute Gasteiger partial charge is 0.377 e. The standard InChI is InChI=1S/C76H116F10N12O13/c1-14-43(4)62-70(108)92(9)40-60(101)93(10)52-24-18-17-21-31-97(69(52)107)56(34-44-25-28-47(29-26-44)75(81,82)83)68(106)91(8)39-58(99)87-51(30-27-45-32-49(77)61(50(78)33-45)76(84,85)86)66(104)98-38-48(111-16-3)35-54(98)65(103)89-74(41-73(5,6)42-74)72(110)96(13)63(46-22-19-20-23-46)71(109)95(12)55(67(105)90(7)15-2)37-59(100)94(11)53(36-57(79)80)64(102)88-62/h17-18,43-57,61-63H,14-16,19-42H2,1-13H3,(H,87,99)(H,88,102)(H,89,103)/b18-17-/t43-,44?,45?,47?,48+,49?,50?,51-,52-,53-,54-,55-,56-,61?,62-,63-/m0/s1. The molecule has 2 unspecified atom stereocenters. The van der Waals surface area contributed by atoms with E-state index in [-0.39, 0.29) is 103 Å². The predicted molar refractivity (Wildman–Crippen MR) is 386 cm³/mol. The Morgan fingerprint density at radius 2 is 1.27 bits per heavy atom. The maximum absolute atomic E-state index is 15.8. The van der Waals surface area contributed by atoms with E-state index in [0.29, 0.717) is 30.6 Å². The van der Waals surface area contributed by atoms with Gasteiger partial charge in [-0.25, -0.2) is 17.6 Å². The number of amides is 12. The highest BCUT2D eigenvalue weighted by molar-refractivity contribution is 6.01. The number of alkyl halides is 10. The Morgan fingerprint density at radius 3 is 1.83 bits per heavy atom. The summed E-state index contributed by atoms with van der Waals surface area (Å²) in [7, 11) is 8.68. The van der Waals surface area contributed by atoms with Gasteiger partial charge in [-0.1, -0.05) is 59.1 Å². The van der Waals surface area contributed by atoms with Crippen LogP contribution in [-0.4, -0.2) is 295 Å². The van der Waals surface area contributed by atoms with Gasteiger partial charge in [0.2, 0.25) is 77.3 Å². The minimum absolute atomic E-state index is 0.0402. The SMILES string of the molecule is CCO[C@@H]1C[C@H]2C(=O)NC3(CC(C)(C)C3)C(=O)N(C)[C@@H](C3CCCC3)C(=O)N(C)[C@H](C(=O)N(C)CC)CC(=O)N(C)[C@@H](CC(F)F)C(=O)N[C@@H]([C@@H](C)CC)C(=O)N(C)CC(=O)N(C)[C@H]3C/C=C\CCN(C3=O)[C@@H](CC3CCC(C(F)(F)F)CC3)C(=O)N(C)CC(=O)N[C@@H](CCC3CC(F)C(C(F)(F)F)C(F)C3)C(=O)N2C1. The van der Waals surface area contributed by atoms with Crippen molar-refractivity contribution in [2.45, 2.75) is 267 Å². The highest BCUT2D eigenvalue weighted by Gasteiger charge is 2.60. The molecule has 2 bridgehead atoms. The highest BCUT2D eigenvalue weighted by Crippen LogP contribution is 2.50. The first-order chi connectivity index (χ1) is 51.8. The predicted octanol–water partition coefficient (Wildman–Crippen LogP) is 6.99. The number of hydrogen-bond acceptors (Lipinski definition) is 13. The number of nitrogens with one attached hydrogen (secondary N) is 3. The molecule has 3 heterocycles. The van der Waals surface area contributed by atoms with E-state index in [1.54, 1.807) is 39.8 Å². The van der Waals surface area contributed by atoms with Crippen LogP contribution in [-0.2, 0) is 62.3 Å². The van der Waals surface area contributed by atoms with Gasteiger partial charge in [0.25, 0.3) is 0 Å². The van der Waals surface area contributed by atoms with Gasteiger partial charge in [0, 0.05) is 88.4 Å². The molecule has 3 N–H and O–H groups in total. The summed E-state index contributed by atoms with van der Waals surface area (Å²) in [6.45, 7) is 7.97. The van der Waals surface area contributed by atoms with Crippen LogP contribution < -0.4 is 16.0 Å². The number of hydrogen-bond donors (Lipinski definition) is 3. The van der Waals surface area contributed by atoms with Gasteiger partial charge in [-0.2, -0.15) is 26.3 Å². The molecule has 3 aliphatic heterocycles. The van der Waals surface area contributed by atoms with E-state index in [0.717, 1.165) is 31.5 Å². The van der Waals surface area contributed by atoms with Crippen molar-refractivity contribution in [1.29, 1.82) is 0 Å². The van der Waals surface area contributed by atoms with Crippen LogP contribution in [0.1, 0.15) is 176 Å². The first-order valence-corrected chi connectivity index (χ1v) is 39.1. The fraction of sp³-hybridized carbons (Fsp3) is 0.816. The van der Waals surface area contributed by atoms with E-state index < -0.39 is 248 Å². The molecule has 1 spiro atoms. The quantitative estimate of drug-likeness (QED) is 0.117. The maximum atomic E-state index is 15.8. The van der Waals surface area contributed by atoms with E-state index in [4.69, 9.17) is 4.74 Å². The zero-order valence-electron chi connectivity index (χ0n) is 66.3. The number of ether oxygens (including phenoxy) is 1. The summed E-state index contributed by atoms with van der Waals surface area (Å²) in [5.41, 5.74) is -2.48. The molecule has 0 radical (unpaired) electrons. The summed E-state index contributed by atoms with van der Waals surface area (Å²) in [6, 6.07) is -12.9. The van der Waals surface area contributed by atoms with E-state index in [1.807, 2.05) is 13.8 Å². The number of rotatable bonds is 14. The zero-order chi connectivity index (χ0) is 82.9. The van der Waals surface area contributed by atoms with Gasteiger partial charge in [0.05, 0.1) is 31.5 Å². The Kier molecular flexibility index (Phi) is 31.2. The highest BCUT2D eigenvalue weighted by atomic mass is 19.4. The zero-order valence-corrected chi connectivity index (χ0v) is 66.3. The summed E-state index contributed by atoms with van der Waals surface area (Å²) >= 11 is 0. The van der Waals surface area contributed by atoms with Crippen LogP contribution in [0.3, 0.4) is 0 Å². The van der Waals surface area contributed by atoms with Crippen LogP contribution in [0.2, 0.25) is 0 Å². The number of fused-ring (bicyclic) bond motifs is 3. The van der Waals surface area contributed by atoms with E-state index in [9.17, 15) is 63.9 Å². The van der Waals surface area contributed by atoms with Crippen molar-refractivity contribution < 1.29 is 106 Å². The van der Waals surface area contributed by atoms with Gasteiger partial charge in [0.15, 0.2) is 0 Å². The molecule has 0 aromatic rings. The monoisotopic (exact) mass is 1590 g/mol. The topological polar surface area (TPSA) is 279 Å². The molecule has 4 saturated carbocycles. The van der Waals surface area contributed by atoms with Gasteiger partial charge >= 0.3 is 12.4 Å². The van der Waals surface area contributed by atoms with Gasteiger partial charge in [-0.3, -0.25) is 57.5 Å². The molecular formula is C76H116F10N12O13. The number of nitrogens with zero attached hydrogens (tertiary/aromatic N) is 9. The molecule has 7 rings (SSSR count). The van der Waals surface area contributed by atoms with Gasteiger partial charge in [-0.05, 0) is 139 Å². The number of carbonyl (C=O) groups is 12. The first kappa shape index (κ1) is 90.8. The van der Waals surface area contributed by atoms with Crippen molar-refractivity contribution in [1.82, 2.24) is 60.0 Å². The van der Waals surface area contributed by atoms with E-state index >= 15 is 37.5 Å². The summed E-state index contributed by atoms with van der Waals surface area (Å²) in [5.74, 6) is -18.9. The van der Waals surface area contributed by atoms with Crippen LogP contribution >= 0.6 is 0 Å².